The number of hydrogen-bond donors (Lipinski definition) is 1. The molecule has 5 heteroatoms. The maximum atomic E-state index is 12.0. The van der Waals surface area contributed by atoms with E-state index in [0.29, 0.717) is 21.6 Å². The van der Waals surface area contributed by atoms with Crippen LogP contribution >= 0.6 is 35.0 Å². The van der Waals surface area contributed by atoms with E-state index in [9.17, 15) is 4.79 Å². The Bertz CT molecular complexity index is 634. The molecule has 0 spiro atoms. The summed E-state index contributed by atoms with van der Waals surface area (Å²) in [6.07, 6.45) is 0. The van der Waals surface area contributed by atoms with Crippen molar-refractivity contribution in [3.63, 3.8) is 0 Å². The van der Waals surface area contributed by atoms with Crippen molar-refractivity contribution in [3.05, 3.63) is 69.7 Å². The summed E-state index contributed by atoms with van der Waals surface area (Å²) >= 11 is 13.5. The largest absolute Gasteiger partial charge is 0.349 e. The second kappa shape index (κ2) is 8.47. The Hall–Kier alpha value is -1.16. The topological polar surface area (TPSA) is 29.1 Å². The first-order valence-corrected chi connectivity index (χ1v) is 8.83. The van der Waals surface area contributed by atoms with Gasteiger partial charge < -0.3 is 5.32 Å². The average Bonchev–Trinajstić information content (AvgIpc) is 2.50. The molecule has 2 nitrogen and oxygen atoms in total. The number of halogens is 2. The van der Waals surface area contributed by atoms with Gasteiger partial charge >= 0.3 is 0 Å². The Morgan fingerprint density at radius 3 is 2.59 bits per heavy atom. The molecule has 2 rings (SSSR count). The number of carbonyl (C=O) groups excluding carboxylic acids is 1. The summed E-state index contributed by atoms with van der Waals surface area (Å²) in [5, 5.41) is 4.25. The van der Waals surface area contributed by atoms with Gasteiger partial charge in [-0.3, -0.25) is 4.79 Å². The quantitative estimate of drug-likeness (QED) is 0.782. The number of amides is 1. The zero-order chi connectivity index (χ0) is 15.9. The summed E-state index contributed by atoms with van der Waals surface area (Å²) in [5.41, 5.74) is 2.08. The average molecular weight is 354 g/mol. The fourth-order valence-corrected chi connectivity index (χ4v) is 3.40. The van der Waals surface area contributed by atoms with Gasteiger partial charge in [0.1, 0.15) is 0 Å². The molecule has 0 aliphatic rings. The second-order valence-corrected chi connectivity index (χ2v) is 6.76. The lowest BCUT2D eigenvalue weighted by molar-refractivity contribution is -0.119. The lowest BCUT2D eigenvalue weighted by atomic mass is 10.1. The summed E-state index contributed by atoms with van der Waals surface area (Å²) in [5.74, 6) is 1.10. The van der Waals surface area contributed by atoms with Crippen molar-refractivity contribution < 1.29 is 4.79 Å². The normalized spacial score (nSPS) is 12.0. The minimum Gasteiger partial charge on any atom is -0.349 e. The van der Waals surface area contributed by atoms with Gasteiger partial charge in [-0.2, -0.15) is 0 Å². The maximum absolute atomic E-state index is 12.0. The summed E-state index contributed by atoms with van der Waals surface area (Å²) in [7, 11) is 0. The van der Waals surface area contributed by atoms with Crippen molar-refractivity contribution in [2.45, 2.75) is 18.7 Å². The van der Waals surface area contributed by atoms with Crippen LogP contribution < -0.4 is 5.32 Å². The summed E-state index contributed by atoms with van der Waals surface area (Å²) < 4.78 is 0. The highest BCUT2D eigenvalue weighted by molar-refractivity contribution is 7.99. The van der Waals surface area contributed by atoms with Crippen molar-refractivity contribution >= 4 is 40.9 Å². The van der Waals surface area contributed by atoms with Crippen LogP contribution in [0.4, 0.5) is 0 Å². The Balaban J connectivity index is 1.78. The molecule has 1 amide bonds. The molecule has 22 heavy (non-hydrogen) atoms. The number of benzene rings is 2. The Labute approximate surface area is 145 Å². The van der Waals surface area contributed by atoms with Crippen LogP contribution in [-0.2, 0) is 10.5 Å². The van der Waals surface area contributed by atoms with Gasteiger partial charge in [0.25, 0.3) is 0 Å². The molecule has 0 saturated carbocycles. The third kappa shape index (κ3) is 5.24. The Morgan fingerprint density at radius 1 is 1.18 bits per heavy atom. The van der Waals surface area contributed by atoms with Gasteiger partial charge in [-0.15, -0.1) is 11.8 Å². The fourth-order valence-electron chi connectivity index (χ4n) is 2.00. The molecule has 2 aromatic rings. The number of carbonyl (C=O) groups is 1. The van der Waals surface area contributed by atoms with Crippen molar-refractivity contribution in [2.75, 3.05) is 5.75 Å². The van der Waals surface area contributed by atoms with Crippen LogP contribution in [0.25, 0.3) is 0 Å². The Kier molecular flexibility index (Phi) is 6.62. The minimum atomic E-state index is 0.00780. The first-order chi connectivity index (χ1) is 10.6. The van der Waals surface area contributed by atoms with Crippen molar-refractivity contribution in [1.82, 2.24) is 5.32 Å². The van der Waals surface area contributed by atoms with Gasteiger partial charge in [0.2, 0.25) is 5.91 Å². The van der Waals surface area contributed by atoms with E-state index in [-0.39, 0.29) is 11.9 Å². The van der Waals surface area contributed by atoms with Gasteiger partial charge in [-0.1, -0.05) is 59.6 Å². The zero-order valence-corrected chi connectivity index (χ0v) is 14.5. The zero-order valence-electron chi connectivity index (χ0n) is 12.2. The van der Waals surface area contributed by atoms with Crippen molar-refractivity contribution in [1.29, 1.82) is 0 Å². The van der Waals surface area contributed by atoms with E-state index in [1.807, 2.05) is 43.3 Å². The van der Waals surface area contributed by atoms with Crippen LogP contribution in [-0.4, -0.2) is 11.7 Å². The van der Waals surface area contributed by atoms with Crippen LogP contribution in [0.1, 0.15) is 24.1 Å². The molecule has 2 aromatic carbocycles. The fraction of sp³-hybridized carbons (Fsp3) is 0.235. The number of nitrogens with one attached hydrogen (secondary N) is 1. The lowest BCUT2D eigenvalue weighted by Gasteiger charge is -2.14. The predicted octanol–water partition coefficient (Wildman–Crippen LogP) is 5.10. The molecule has 0 fully saturated rings. The van der Waals surface area contributed by atoms with Gasteiger partial charge in [-0.05, 0) is 30.2 Å². The molecule has 0 aliphatic heterocycles. The highest BCUT2D eigenvalue weighted by atomic mass is 35.5. The lowest BCUT2D eigenvalue weighted by Crippen LogP contribution is -2.28. The minimum absolute atomic E-state index is 0.00780. The van der Waals surface area contributed by atoms with Crippen LogP contribution in [0.2, 0.25) is 10.0 Å². The molecule has 116 valence electrons. The van der Waals surface area contributed by atoms with Gasteiger partial charge in [0, 0.05) is 15.8 Å². The van der Waals surface area contributed by atoms with E-state index in [2.05, 4.69) is 5.32 Å². The molecule has 0 radical (unpaired) electrons. The highest BCUT2D eigenvalue weighted by Crippen LogP contribution is 2.24. The van der Waals surface area contributed by atoms with E-state index in [1.54, 1.807) is 12.1 Å². The van der Waals surface area contributed by atoms with Crippen molar-refractivity contribution in [2.24, 2.45) is 0 Å². The second-order valence-electron chi connectivity index (χ2n) is 4.93. The van der Waals surface area contributed by atoms with Crippen LogP contribution in [0, 0.1) is 0 Å². The highest BCUT2D eigenvalue weighted by Gasteiger charge is 2.09. The predicted molar refractivity (Wildman–Crippen MR) is 95.6 cm³/mol. The third-order valence-corrected chi connectivity index (χ3v) is 4.75. The van der Waals surface area contributed by atoms with Crippen LogP contribution in [0.5, 0.6) is 0 Å². The SMILES string of the molecule is C[C@H](NC(=O)CSCc1ccc(Cl)cc1Cl)c1ccccc1. The number of thioether (sulfide) groups is 1. The molecule has 1 N–H and O–H groups in total. The van der Waals surface area contributed by atoms with E-state index >= 15 is 0 Å². The van der Waals surface area contributed by atoms with Crippen LogP contribution in [0.15, 0.2) is 48.5 Å². The standard InChI is InChI=1S/C17H17Cl2NOS/c1-12(13-5-3-2-4-6-13)20-17(21)11-22-10-14-7-8-15(18)9-16(14)19/h2-9,12H,10-11H2,1H3,(H,20,21)/t12-/m0/s1. The summed E-state index contributed by atoms with van der Waals surface area (Å²) in [6.45, 7) is 1.98. The van der Waals surface area contributed by atoms with E-state index < -0.39 is 0 Å². The molecular weight excluding hydrogens is 337 g/mol. The third-order valence-electron chi connectivity index (χ3n) is 3.18. The molecule has 0 aromatic heterocycles. The molecule has 0 bridgehead atoms. The first kappa shape index (κ1) is 17.2. The van der Waals surface area contributed by atoms with E-state index in [1.165, 1.54) is 11.8 Å². The summed E-state index contributed by atoms with van der Waals surface area (Å²) in [4.78, 5) is 12.0. The van der Waals surface area contributed by atoms with Gasteiger partial charge in [-0.25, -0.2) is 0 Å². The van der Waals surface area contributed by atoms with E-state index in [0.717, 1.165) is 11.1 Å². The number of hydrogen-bond acceptors (Lipinski definition) is 2. The maximum Gasteiger partial charge on any atom is 0.230 e. The molecule has 0 aliphatic carbocycles. The van der Waals surface area contributed by atoms with Crippen LogP contribution in [0.3, 0.4) is 0 Å². The van der Waals surface area contributed by atoms with E-state index in [4.69, 9.17) is 23.2 Å². The molecule has 0 saturated heterocycles. The first-order valence-electron chi connectivity index (χ1n) is 6.92. The number of rotatable bonds is 6. The molecular formula is C17H17Cl2NOS. The Morgan fingerprint density at radius 2 is 1.91 bits per heavy atom. The van der Waals surface area contributed by atoms with Gasteiger partial charge in [0.05, 0.1) is 11.8 Å². The summed E-state index contributed by atoms with van der Waals surface area (Å²) in [6, 6.07) is 15.3. The van der Waals surface area contributed by atoms with Crippen molar-refractivity contribution in [3.8, 4) is 0 Å². The monoisotopic (exact) mass is 353 g/mol. The molecule has 0 heterocycles. The smallest absolute Gasteiger partial charge is 0.230 e. The van der Waals surface area contributed by atoms with Gasteiger partial charge in [0.15, 0.2) is 0 Å². The molecule has 1 atom stereocenters. The molecule has 0 unspecified atom stereocenters.